The predicted molar refractivity (Wildman–Crippen MR) is 134 cm³/mol. The van der Waals surface area contributed by atoms with Crippen molar-refractivity contribution < 1.29 is 4.79 Å². The van der Waals surface area contributed by atoms with E-state index in [1.54, 1.807) is 34.9 Å². The van der Waals surface area contributed by atoms with E-state index in [1.165, 1.54) is 11.3 Å². The van der Waals surface area contributed by atoms with Gasteiger partial charge >= 0.3 is 0 Å². The highest BCUT2D eigenvalue weighted by atomic mass is 35.5. The molecule has 2 aliphatic rings. The number of allylic oxidation sites excluding steroid dienone is 3. The Morgan fingerprint density at radius 3 is 2.55 bits per heavy atom. The van der Waals surface area contributed by atoms with Crippen molar-refractivity contribution in [3.63, 3.8) is 0 Å². The van der Waals surface area contributed by atoms with E-state index in [1.807, 2.05) is 13.8 Å². The molecule has 172 valence electrons. The van der Waals surface area contributed by atoms with Gasteiger partial charge in [0, 0.05) is 38.5 Å². The van der Waals surface area contributed by atoms with Crippen LogP contribution in [0.5, 0.6) is 0 Å². The highest BCUT2D eigenvalue weighted by Gasteiger charge is 2.46. The first kappa shape index (κ1) is 24.1. The van der Waals surface area contributed by atoms with Crippen molar-refractivity contribution in [2.75, 3.05) is 4.90 Å². The molecule has 0 spiro atoms. The van der Waals surface area contributed by atoms with Crippen LogP contribution in [0.15, 0.2) is 45.2 Å². The minimum atomic E-state index is -0.733. The molecule has 1 unspecified atom stereocenters. The number of anilines is 1. The summed E-state index contributed by atoms with van der Waals surface area (Å²) in [6.45, 7) is 8.25. The third-order valence-corrected chi connectivity index (χ3v) is 8.25. The summed E-state index contributed by atoms with van der Waals surface area (Å²) in [5, 5.41) is 20.5. The van der Waals surface area contributed by atoms with Gasteiger partial charge in [-0.1, -0.05) is 80.1 Å². The molecule has 2 aromatic rings. The Balaban J connectivity index is 1.98. The van der Waals surface area contributed by atoms with Gasteiger partial charge in [0.15, 0.2) is 10.1 Å². The predicted octanol–water partition coefficient (Wildman–Crippen LogP) is 6.29. The van der Waals surface area contributed by atoms with Crippen LogP contribution < -0.4 is 10.6 Å². The fourth-order valence-electron chi connectivity index (χ4n) is 4.34. The number of carbonyl (C=O) groups is 1. The van der Waals surface area contributed by atoms with E-state index in [0.29, 0.717) is 44.4 Å². The molecule has 1 atom stereocenters. The maximum atomic E-state index is 13.6. The number of Topliss-reactive ketones (excluding diaryl/α,β-unsaturated/α-hetero) is 1. The molecule has 1 aliphatic carbocycles. The smallest absolute Gasteiger partial charge is 0.219 e. The maximum Gasteiger partial charge on any atom is 0.219 e. The van der Waals surface area contributed by atoms with Crippen LogP contribution in [-0.2, 0) is 4.79 Å². The number of hydrogen-bond acceptors (Lipinski definition) is 8. The maximum absolute atomic E-state index is 13.6. The lowest BCUT2D eigenvalue weighted by molar-refractivity contribution is -0.118. The standard InChI is InChI=1S/C23H23Cl2N5OS2/c1-11(2)32-22-29-28-21(33-22)30-15-8-23(3,4)9-16(31)19(15)17(12(10-26)20(30)27)18-13(24)6-5-7-14(18)25/h5-7,11,17H,8-9,27H2,1-4H3. The van der Waals surface area contributed by atoms with E-state index in [-0.39, 0.29) is 22.6 Å². The Morgan fingerprint density at radius 1 is 1.27 bits per heavy atom. The Hall–Kier alpha value is -2.05. The first-order chi connectivity index (χ1) is 15.5. The van der Waals surface area contributed by atoms with Gasteiger partial charge in [-0.2, -0.15) is 5.26 Å². The van der Waals surface area contributed by atoms with Crippen LogP contribution in [0, 0.1) is 16.7 Å². The molecule has 2 heterocycles. The average Bonchev–Trinajstić information content (AvgIpc) is 3.13. The first-order valence-electron chi connectivity index (χ1n) is 10.4. The van der Waals surface area contributed by atoms with Crippen molar-refractivity contribution in [2.24, 2.45) is 11.1 Å². The van der Waals surface area contributed by atoms with E-state index in [4.69, 9.17) is 28.9 Å². The fourth-order valence-corrected chi connectivity index (χ4v) is 7.06. The minimum absolute atomic E-state index is 0.0474. The van der Waals surface area contributed by atoms with E-state index < -0.39 is 5.92 Å². The van der Waals surface area contributed by atoms with Crippen molar-refractivity contribution in [2.45, 2.75) is 56.0 Å². The molecule has 2 N–H and O–H groups in total. The summed E-state index contributed by atoms with van der Waals surface area (Å²) in [5.74, 6) is -0.558. The molecule has 4 rings (SSSR count). The van der Waals surface area contributed by atoms with Gasteiger partial charge in [0.2, 0.25) is 5.13 Å². The van der Waals surface area contributed by atoms with Gasteiger partial charge in [0.25, 0.3) is 0 Å². The number of nitrogens with two attached hydrogens (primary N) is 1. The fraction of sp³-hybridized carbons (Fsp3) is 0.391. The summed E-state index contributed by atoms with van der Waals surface area (Å²) in [5.41, 5.74) is 8.32. The number of hydrogen-bond donors (Lipinski definition) is 1. The number of thioether (sulfide) groups is 1. The molecule has 1 aromatic heterocycles. The lowest BCUT2D eigenvalue weighted by atomic mass is 9.68. The zero-order valence-electron chi connectivity index (χ0n) is 18.6. The molecular formula is C23H23Cl2N5OS2. The summed E-state index contributed by atoms with van der Waals surface area (Å²) in [7, 11) is 0. The molecule has 1 aliphatic heterocycles. The quantitative estimate of drug-likeness (QED) is 0.474. The lowest BCUT2D eigenvalue weighted by Crippen LogP contribution is -2.42. The SMILES string of the molecule is CC(C)Sc1nnc(N2C(N)=C(C#N)C(c3c(Cl)cccc3Cl)C3=C2CC(C)(C)CC3=O)s1. The van der Waals surface area contributed by atoms with Gasteiger partial charge in [-0.15, -0.1) is 10.2 Å². The summed E-state index contributed by atoms with van der Waals surface area (Å²) >= 11 is 16.1. The monoisotopic (exact) mass is 519 g/mol. The molecule has 33 heavy (non-hydrogen) atoms. The highest BCUT2D eigenvalue weighted by molar-refractivity contribution is 8.01. The number of ketones is 1. The van der Waals surface area contributed by atoms with Crippen LogP contribution in [0.25, 0.3) is 0 Å². The van der Waals surface area contributed by atoms with Gasteiger partial charge < -0.3 is 5.73 Å². The van der Waals surface area contributed by atoms with Crippen LogP contribution >= 0.6 is 46.3 Å². The van der Waals surface area contributed by atoms with Gasteiger partial charge in [0.1, 0.15) is 5.82 Å². The number of aromatic nitrogens is 2. The number of nitriles is 1. The molecular weight excluding hydrogens is 497 g/mol. The number of nitrogens with zero attached hydrogens (tertiary/aromatic N) is 4. The molecule has 10 heteroatoms. The minimum Gasteiger partial charge on any atom is -0.384 e. The van der Waals surface area contributed by atoms with Crippen LogP contribution in [0.3, 0.4) is 0 Å². The van der Waals surface area contributed by atoms with Crippen molar-refractivity contribution in [3.05, 3.63) is 56.5 Å². The van der Waals surface area contributed by atoms with E-state index in [0.717, 1.165) is 10.0 Å². The molecule has 0 amide bonds. The second kappa shape index (κ2) is 8.95. The number of carbonyl (C=O) groups excluding carboxylic acids is 1. The van der Waals surface area contributed by atoms with E-state index in [2.05, 4.69) is 30.1 Å². The third-order valence-electron chi connectivity index (χ3n) is 5.59. The van der Waals surface area contributed by atoms with Gasteiger partial charge in [-0.25, -0.2) is 0 Å². The number of rotatable bonds is 4. The molecule has 0 saturated heterocycles. The number of halogens is 2. The van der Waals surface area contributed by atoms with Crippen molar-refractivity contribution in [3.8, 4) is 6.07 Å². The molecule has 1 aromatic carbocycles. The van der Waals surface area contributed by atoms with E-state index in [9.17, 15) is 10.1 Å². The zero-order valence-corrected chi connectivity index (χ0v) is 21.8. The van der Waals surface area contributed by atoms with Crippen molar-refractivity contribution in [1.82, 2.24) is 10.2 Å². The summed E-state index contributed by atoms with van der Waals surface area (Å²) in [6, 6.07) is 7.38. The number of benzene rings is 1. The Labute approximate surface area is 211 Å². The molecule has 0 bridgehead atoms. The van der Waals surface area contributed by atoms with Gasteiger partial charge in [0.05, 0.1) is 17.6 Å². The summed E-state index contributed by atoms with van der Waals surface area (Å²) < 4.78 is 0.797. The third kappa shape index (κ3) is 4.40. The average molecular weight is 521 g/mol. The summed E-state index contributed by atoms with van der Waals surface area (Å²) in [6.07, 6.45) is 0.930. The van der Waals surface area contributed by atoms with Crippen LogP contribution in [0.4, 0.5) is 5.13 Å². The van der Waals surface area contributed by atoms with Crippen LogP contribution in [-0.4, -0.2) is 21.2 Å². The normalized spacial score (nSPS) is 20.4. The van der Waals surface area contributed by atoms with Crippen molar-refractivity contribution in [1.29, 1.82) is 5.26 Å². The summed E-state index contributed by atoms with van der Waals surface area (Å²) in [4.78, 5) is 15.3. The van der Waals surface area contributed by atoms with Crippen molar-refractivity contribution >= 4 is 57.2 Å². The molecule has 0 radical (unpaired) electrons. The van der Waals surface area contributed by atoms with E-state index >= 15 is 0 Å². The first-order valence-corrected chi connectivity index (χ1v) is 12.9. The van der Waals surface area contributed by atoms with Crippen LogP contribution in [0.2, 0.25) is 10.0 Å². The van der Waals surface area contributed by atoms with Gasteiger partial charge in [-0.05, 0) is 24.0 Å². The van der Waals surface area contributed by atoms with Gasteiger partial charge in [-0.3, -0.25) is 9.69 Å². The van der Waals surface area contributed by atoms with Crippen LogP contribution in [0.1, 0.15) is 52.0 Å². The Kier molecular flexibility index (Phi) is 6.53. The zero-order chi connectivity index (χ0) is 24.1. The molecule has 0 fully saturated rings. The Morgan fingerprint density at radius 2 is 1.94 bits per heavy atom. The topological polar surface area (TPSA) is 95.9 Å². The lowest BCUT2D eigenvalue weighted by Gasteiger charge is -2.42. The Bertz CT molecular complexity index is 1220. The second-order valence-corrected chi connectivity index (χ2v) is 12.7. The molecule has 6 nitrogen and oxygen atoms in total. The largest absolute Gasteiger partial charge is 0.384 e. The second-order valence-electron chi connectivity index (χ2n) is 9.13. The highest BCUT2D eigenvalue weighted by Crippen LogP contribution is 2.52. The molecule has 0 saturated carbocycles.